The fourth-order valence-electron chi connectivity index (χ4n) is 5.07. The molecule has 4 aromatic rings. The molecule has 1 aliphatic rings. The van der Waals surface area contributed by atoms with Crippen LogP contribution in [0.2, 0.25) is 0 Å². The lowest BCUT2D eigenvalue weighted by Crippen LogP contribution is -2.23. The number of nitrogens with zero attached hydrogens (tertiary/aromatic N) is 1. The number of nitrogens with one attached hydrogen (secondary N) is 1. The number of anilines is 1. The van der Waals surface area contributed by atoms with Gasteiger partial charge in [-0.25, -0.2) is 4.79 Å². The summed E-state index contributed by atoms with van der Waals surface area (Å²) in [5, 5.41) is 6.59. The van der Waals surface area contributed by atoms with E-state index in [1.54, 1.807) is 19.9 Å². The Labute approximate surface area is 252 Å². The van der Waals surface area contributed by atoms with Crippen molar-refractivity contribution in [3.05, 3.63) is 89.1 Å². The number of esters is 1. The van der Waals surface area contributed by atoms with Gasteiger partial charge in [-0.05, 0) is 80.1 Å². The number of benzene rings is 3. The predicted octanol–water partition coefficient (Wildman–Crippen LogP) is 8.25. The molecule has 1 atom stereocenters. The zero-order chi connectivity index (χ0) is 31.6. The number of ether oxygens (including phenoxy) is 3. The topological polar surface area (TPSA) is 99.9 Å². The zero-order valence-electron chi connectivity index (χ0n) is 24.6. The van der Waals surface area contributed by atoms with Crippen LogP contribution in [0.5, 0.6) is 5.75 Å². The highest BCUT2D eigenvalue weighted by Crippen LogP contribution is 2.49. The van der Waals surface area contributed by atoms with E-state index in [0.717, 1.165) is 41.7 Å². The molecule has 1 saturated carbocycles. The van der Waals surface area contributed by atoms with Crippen molar-refractivity contribution in [3.63, 3.8) is 0 Å². The van der Waals surface area contributed by atoms with Crippen LogP contribution in [0.3, 0.4) is 0 Å². The van der Waals surface area contributed by atoms with Crippen molar-refractivity contribution in [1.29, 1.82) is 0 Å². The largest absolute Gasteiger partial charge is 0.496 e. The smallest absolute Gasteiger partial charge is 0.416 e. The van der Waals surface area contributed by atoms with E-state index in [1.165, 1.54) is 26.2 Å². The summed E-state index contributed by atoms with van der Waals surface area (Å²) in [4.78, 5) is 25.3. The number of hydrogen-bond acceptors (Lipinski definition) is 7. The number of alkyl halides is 3. The SMILES string of the molecule is CCOC(=O)C1(c2ccc(-c3ccc(-c4onc(C)c4NC(=O)O[C@H](C)c4cccc(C(F)(F)F)c4)c(OC)c3)cc2)CC1. The summed E-state index contributed by atoms with van der Waals surface area (Å²) in [6, 6.07) is 17.8. The highest BCUT2D eigenvalue weighted by Gasteiger charge is 2.52. The van der Waals surface area contributed by atoms with Crippen LogP contribution in [0, 0.1) is 6.92 Å². The molecule has 5 rings (SSSR count). The van der Waals surface area contributed by atoms with Gasteiger partial charge < -0.3 is 18.7 Å². The quantitative estimate of drug-likeness (QED) is 0.191. The molecule has 0 bridgehead atoms. The summed E-state index contributed by atoms with van der Waals surface area (Å²) < 4.78 is 61.2. The van der Waals surface area contributed by atoms with Crippen molar-refractivity contribution < 1.29 is 41.5 Å². The number of aromatic nitrogens is 1. The Morgan fingerprint density at radius 3 is 2.39 bits per heavy atom. The van der Waals surface area contributed by atoms with E-state index in [-0.39, 0.29) is 23.0 Å². The van der Waals surface area contributed by atoms with Crippen molar-refractivity contribution in [3.8, 4) is 28.2 Å². The summed E-state index contributed by atoms with van der Waals surface area (Å²) in [6.07, 6.45) is -4.85. The van der Waals surface area contributed by atoms with E-state index in [4.69, 9.17) is 18.7 Å². The van der Waals surface area contributed by atoms with Gasteiger partial charge in [0.25, 0.3) is 0 Å². The molecule has 11 heteroatoms. The number of carbonyl (C=O) groups is 2. The Balaban J connectivity index is 1.34. The molecule has 1 N–H and O–H groups in total. The molecule has 1 fully saturated rings. The number of aryl methyl sites for hydroxylation is 1. The summed E-state index contributed by atoms with van der Waals surface area (Å²) >= 11 is 0. The Morgan fingerprint density at radius 2 is 1.75 bits per heavy atom. The van der Waals surface area contributed by atoms with E-state index in [2.05, 4.69) is 10.5 Å². The fraction of sp³-hybridized carbons (Fsp3) is 0.303. The number of halogens is 3. The van der Waals surface area contributed by atoms with Crippen molar-refractivity contribution in [1.82, 2.24) is 5.16 Å². The molecule has 0 unspecified atom stereocenters. The van der Waals surface area contributed by atoms with Crippen molar-refractivity contribution in [2.75, 3.05) is 19.0 Å². The second-order valence-corrected chi connectivity index (χ2v) is 10.6. The molecular weight excluding hydrogens is 577 g/mol. The van der Waals surface area contributed by atoms with E-state index in [0.29, 0.717) is 23.6 Å². The second-order valence-electron chi connectivity index (χ2n) is 10.6. The van der Waals surface area contributed by atoms with Crippen LogP contribution in [0.4, 0.5) is 23.7 Å². The molecule has 8 nitrogen and oxygen atoms in total. The van der Waals surface area contributed by atoms with Crippen LogP contribution in [0.25, 0.3) is 22.5 Å². The maximum Gasteiger partial charge on any atom is 0.416 e. The predicted molar refractivity (Wildman–Crippen MR) is 156 cm³/mol. The van der Waals surface area contributed by atoms with Gasteiger partial charge >= 0.3 is 18.2 Å². The van der Waals surface area contributed by atoms with Crippen molar-refractivity contribution in [2.24, 2.45) is 0 Å². The third kappa shape index (κ3) is 6.13. The van der Waals surface area contributed by atoms with Crippen LogP contribution >= 0.6 is 0 Å². The lowest BCUT2D eigenvalue weighted by Gasteiger charge is -2.16. The average Bonchev–Trinajstić information content (AvgIpc) is 3.75. The molecule has 0 spiro atoms. The maximum atomic E-state index is 13.1. The van der Waals surface area contributed by atoms with E-state index < -0.39 is 29.4 Å². The van der Waals surface area contributed by atoms with Crippen LogP contribution in [0.1, 0.15) is 55.2 Å². The third-order valence-electron chi connectivity index (χ3n) is 7.69. The van der Waals surface area contributed by atoms with Crippen LogP contribution in [0.15, 0.2) is 71.3 Å². The molecule has 44 heavy (non-hydrogen) atoms. The Kier molecular flexibility index (Phi) is 8.40. The number of hydrogen-bond donors (Lipinski definition) is 1. The summed E-state index contributed by atoms with van der Waals surface area (Å²) in [7, 11) is 1.50. The lowest BCUT2D eigenvalue weighted by atomic mass is 9.93. The number of carbonyl (C=O) groups excluding carboxylic acids is 2. The first-order valence-electron chi connectivity index (χ1n) is 14.0. The normalized spacial score (nSPS) is 14.4. The Bertz CT molecular complexity index is 1680. The minimum atomic E-state index is -4.52. The van der Waals surface area contributed by atoms with Gasteiger partial charge in [0.15, 0.2) is 5.76 Å². The molecule has 1 aromatic heterocycles. The van der Waals surface area contributed by atoms with Gasteiger partial charge in [-0.2, -0.15) is 13.2 Å². The number of amides is 1. The number of methoxy groups -OCH3 is 1. The standard InChI is InChI=1S/C33H31F3N2O6/c1-5-42-30(39)32(15-16-32)24-12-9-21(10-13-24)23-11-14-26(27(18-23)41-4)29-28(19(2)38-44-29)37-31(40)43-20(3)22-7-6-8-25(17-22)33(34,35)36/h6-14,17-18,20H,5,15-16H2,1-4H3,(H,37,40)/t20-/m1/s1. The molecule has 1 aliphatic carbocycles. The second kappa shape index (κ2) is 12.1. The molecule has 0 radical (unpaired) electrons. The minimum Gasteiger partial charge on any atom is -0.496 e. The molecular formula is C33H31F3N2O6. The maximum absolute atomic E-state index is 13.1. The van der Waals surface area contributed by atoms with Gasteiger partial charge in [0.1, 0.15) is 23.2 Å². The van der Waals surface area contributed by atoms with Gasteiger partial charge in [-0.1, -0.05) is 47.6 Å². The van der Waals surface area contributed by atoms with Gasteiger partial charge in [-0.3, -0.25) is 10.1 Å². The van der Waals surface area contributed by atoms with E-state index in [9.17, 15) is 22.8 Å². The average molecular weight is 609 g/mol. The van der Waals surface area contributed by atoms with Gasteiger partial charge in [0.2, 0.25) is 0 Å². The molecule has 1 heterocycles. The first-order chi connectivity index (χ1) is 21.0. The first-order valence-corrected chi connectivity index (χ1v) is 14.0. The Hall–Kier alpha value is -4.80. The number of rotatable bonds is 9. The zero-order valence-corrected chi connectivity index (χ0v) is 24.6. The summed E-state index contributed by atoms with van der Waals surface area (Å²) in [5.41, 5.74) is 2.57. The molecule has 3 aromatic carbocycles. The van der Waals surface area contributed by atoms with E-state index >= 15 is 0 Å². The third-order valence-corrected chi connectivity index (χ3v) is 7.69. The molecule has 0 saturated heterocycles. The highest BCUT2D eigenvalue weighted by atomic mass is 19.4. The van der Waals surface area contributed by atoms with Gasteiger partial charge in [-0.15, -0.1) is 0 Å². The van der Waals surface area contributed by atoms with Crippen molar-refractivity contribution in [2.45, 2.75) is 51.3 Å². The summed E-state index contributed by atoms with van der Waals surface area (Å²) in [5.74, 6) is 0.469. The molecule has 1 amide bonds. The summed E-state index contributed by atoms with van der Waals surface area (Å²) in [6.45, 7) is 5.24. The fourth-order valence-corrected chi connectivity index (χ4v) is 5.07. The minimum absolute atomic E-state index is 0.190. The van der Waals surface area contributed by atoms with Crippen LogP contribution in [-0.2, 0) is 25.9 Å². The van der Waals surface area contributed by atoms with E-state index in [1.807, 2.05) is 36.4 Å². The van der Waals surface area contributed by atoms with Crippen LogP contribution in [-0.4, -0.2) is 30.9 Å². The van der Waals surface area contributed by atoms with Gasteiger partial charge in [0, 0.05) is 0 Å². The Morgan fingerprint density at radius 1 is 1.05 bits per heavy atom. The van der Waals surface area contributed by atoms with Crippen LogP contribution < -0.4 is 10.1 Å². The van der Waals surface area contributed by atoms with Crippen molar-refractivity contribution >= 4 is 17.7 Å². The monoisotopic (exact) mass is 608 g/mol. The highest BCUT2D eigenvalue weighted by molar-refractivity contribution is 5.92. The lowest BCUT2D eigenvalue weighted by molar-refractivity contribution is -0.146. The van der Waals surface area contributed by atoms with Gasteiger partial charge in [0.05, 0.1) is 30.3 Å². The molecule has 230 valence electrons. The molecule has 0 aliphatic heterocycles. The first kappa shape index (κ1) is 30.7.